The lowest BCUT2D eigenvalue weighted by Gasteiger charge is -2.20. The van der Waals surface area contributed by atoms with Crippen molar-refractivity contribution in [3.63, 3.8) is 0 Å². The largest absolute Gasteiger partial charge is 0.480 e. The minimum atomic E-state index is -0.327. The number of carbonyl (C=O) groups excluding carboxylic acids is 1. The number of para-hydroxylation sites is 1. The number of benzene rings is 1. The molecule has 0 bridgehead atoms. The molecule has 0 N–H and O–H groups in total. The number of hydrogen-bond donors (Lipinski definition) is 0. The van der Waals surface area contributed by atoms with Gasteiger partial charge >= 0.3 is 0 Å². The number of carbonyl (C=O) groups is 1. The highest BCUT2D eigenvalue weighted by atomic mass is 35.5. The molecule has 1 aromatic carbocycles. The summed E-state index contributed by atoms with van der Waals surface area (Å²) in [5, 5.41) is 0. The zero-order chi connectivity index (χ0) is 13.2. The van der Waals surface area contributed by atoms with Gasteiger partial charge in [-0.05, 0) is 30.4 Å². The van der Waals surface area contributed by atoms with Crippen LogP contribution in [-0.2, 0) is 11.2 Å². The summed E-state index contributed by atoms with van der Waals surface area (Å²) in [7, 11) is 0. The summed E-state index contributed by atoms with van der Waals surface area (Å²) in [5.41, 5.74) is 1.14. The Balaban J connectivity index is 1.61. The third-order valence-corrected chi connectivity index (χ3v) is 4.26. The van der Waals surface area contributed by atoms with Crippen molar-refractivity contribution in [3.05, 3.63) is 29.8 Å². The van der Waals surface area contributed by atoms with E-state index in [1.165, 1.54) is 0 Å². The fraction of sp³-hybridized carbons (Fsp3) is 0.533. The topological polar surface area (TPSA) is 29.5 Å². The average molecular weight is 280 g/mol. The summed E-state index contributed by atoms with van der Waals surface area (Å²) >= 11 is 5.77. The van der Waals surface area contributed by atoms with E-state index in [-0.39, 0.29) is 12.0 Å². The highest BCUT2D eigenvalue weighted by molar-refractivity contribution is 6.17. The van der Waals surface area contributed by atoms with Crippen LogP contribution in [0.15, 0.2) is 24.3 Å². The zero-order valence-electron chi connectivity index (χ0n) is 10.8. The second kappa shape index (κ2) is 5.41. The number of likely N-dealkylation sites (tertiary alicyclic amines) is 1. The Hall–Kier alpha value is -1.22. The van der Waals surface area contributed by atoms with Crippen LogP contribution in [0.25, 0.3) is 0 Å². The number of halogens is 1. The molecule has 0 saturated carbocycles. The minimum absolute atomic E-state index is 0.133. The molecule has 3 rings (SSSR count). The van der Waals surface area contributed by atoms with Crippen LogP contribution in [0.3, 0.4) is 0 Å². The SMILES string of the molecule is O=C(C1Cc2ccccc2O1)N1CCC(CCCl)C1. The molecule has 1 fully saturated rings. The van der Waals surface area contributed by atoms with E-state index in [0.717, 1.165) is 37.2 Å². The fourth-order valence-electron chi connectivity index (χ4n) is 2.95. The van der Waals surface area contributed by atoms with Gasteiger partial charge in [-0.2, -0.15) is 0 Å². The van der Waals surface area contributed by atoms with Crippen LogP contribution in [0.1, 0.15) is 18.4 Å². The van der Waals surface area contributed by atoms with E-state index in [1.54, 1.807) is 0 Å². The molecule has 3 nitrogen and oxygen atoms in total. The third-order valence-electron chi connectivity index (χ3n) is 4.04. The summed E-state index contributed by atoms with van der Waals surface area (Å²) < 4.78 is 5.76. The van der Waals surface area contributed by atoms with Gasteiger partial charge in [-0.3, -0.25) is 4.79 Å². The maximum absolute atomic E-state index is 12.4. The molecular weight excluding hydrogens is 262 g/mol. The second-order valence-corrected chi connectivity index (χ2v) is 5.71. The highest BCUT2D eigenvalue weighted by Gasteiger charge is 2.35. The number of fused-ring (bicyclic) bond motifs is 1. The predicted octanol–water partition coefficient (Wildman–Crippen LogP) is 2.47. The minimum Gasteiger partial charge on any atom is -0.480 e. The number of alkyl halides is 1. The first-order valence-corrected chi connectivity index (χ1v) is 7.40. The molecule has 2 aliphatic heterocycles. The predicted molar refractivity (Wildman–Crippen MR) is 74.6 cm³/mol. The van der Waals surface area contributed by atoms with Crippen molar-refractivity contribution >= 4 is 17.5 Å². The standard InChI is InChI=1S/C15H18ClNO2/c16-7-5-11-6-8-17(10-11)15(18)14-9-12-3-1-2-4-13(12)19-14/h1-4,11,14H,5-10H2. The summed E-state index contributed by atoms with van der Waals surface area (Å²) in [6.07, 6.45) is 2.44. The van der Waals surface area contributed by atoms with Gasteiger partial charge in [-0.1, -0.05) is 18.2 Å². The molecule has 2 heterocycles. The van der Waals surface area contributed by atoms with E-state index in [1.807, 2.05) is 29.2 Å². The Morgan fingerprint density at radius 2 is 2.26 bits per heavy atom. The van der Waals surface area contributed by atoms with Gasteiger partial charge in [0, 0.05) is 25.4 Å². The molecule has 1 aromatic rings. The van der Waals surface area contributed by atoms with Crippen molar-refractivity contribution in [3.8, 4) is 5.75 Å². The van der Waals surface area contributed by atoms with Gasteiger partial charge in [0.15, 0.2) is 6.10 Å². The van der Waals surface area contributed by atoms with Gasteiger partial charge in [0.25, 0.3) is 5.91 Å². The Labute approximate surface area is 118 Å². The average Bonchev–Trinajstić information content (AvgIpc) is 3.04. The molecule has 0 aliphatic carbocycles. The van der Waals surface area contributed by atoms with Crippen LogP contribution in [0.5, 0.6) is 5.75 Å². The second-order valence-electron chi connectivity index (χ2n) is 5.33. The number of hydrogen-bond acceptors (Lipinski definition) is 2. The molecule has 2 unspecified atom stereocenters. The molecule has 2 atom stereocenters. The number of nitrogens with zero attached hydrogens (tertiary/aromatic N) is 1. The maximum Gasteiger partial charge on any atom is 0.264 e. The summed E-state index contributed by atoms with van der Waals surface area (Å²) in [6, 6.07) is 7.89. The molecule has 0 radical (unpaired) electrons. The Morgan fingerprint density at radius 1 is 1.42 bits per heavy atom. The Morgan fingerprint density at radius 3 is 3.05 bits per heavy atom. The van der Waals surface area contributed by atoms with E-state index in [2.05, 4.69) is 0 Å². The van der Waals surface area contributed by atoms with Crippen molar-refractivity contribution in [2.45, 2.75) is 25.4 Å². The van der Waals surface area contributed by atoms with E-state index < -0.39 is 0 Å². The molecule has 2 aliphatic rings. The third kappa shape index (κ3) is 2.57. The van der Waals surface area contributed by atoms with Crippen LogP contribution in [0.2, 0.25) is 0 Å². The lowest BCUT2D eigenvalue weighted by Crippen LogP contribution is -2.40. The van der Waals surface area contributed by atoms with E-state index >= 15 is 0 Å². The molecule has 102 valence electrons. The maximum atomic E-state index is 12.4. The molecule has 1 saturated heterocycles. The van der Waals surface area contributed by atoms with Crippen LogP contribution in [0, 0.1) is 5.92 Å². The van der Waals surface area contributed by atoms with E-state index in [9.17, 15) is 4.79 Å². The van der Waals surface area contributed by atoms with E-state index in [4.69, 9.17) is 16.3 Å². The van der Waals surface area contributed by atoms with Gasteiger partial charge in [0.2, 0.25) is 0 Å². The highest BCUT2D eigenvalue weighted by Crippen LogP contribution is 2.30. The molecule has 0 spiro atoms. The van der Waals surface area contributed by atoms with Crippen LogP contribution in [-0.4, -0.2) is 35.9 Å². The quantitative estimate of drug-likeness (QED) is 0.796. The number of amides is 1. The van der Waals surface area contributed by atoms with Gasteiger partial charge in [0.1, 0.15) is 5.75 Å². The van der Waals surface area contributed by atoms with Crippen LogP contribution >= 0.6 is 11.6 Å². The van der Waals surface area contributed by atoms with E-state index in [0.29, 0.717) is 18.2 Å². The first kappa shape index (κ1) is 12.8. The molecular formula is C15H18ClNO2. The van der Waals surface area contributed by atoms with Crippen molar-refractivity contribution < 1.29 is 9.53 Å². The lowest BCUT2D eigenvalue weighted by molar-refractivity contribution is -0.136. The van der Waals surface area contributed by atoms with Crippen molar-refractivity contribution in [1.82, 2.24) is 4.90 Å². The van der Waals surface area contributed by atoms with Gasteiger partial charge < -0.3 is 9.64 Å². The Kier molecular flexibility index (Phi) is 3.65. The monoisotopic (exact) mass is 279 g/mol. The van der Waals surface area contributed by atoms with Crippen molar-refractivity contribution in [2.75, 3.05) is 19.0 Å². The normalized spacial score (nSPS) is 25.2. The smallest absolute Gasteiger partial charge is 0.264 e. The van der Waals surface area contributed by atoms with Crippen molar-refractivity contribution in [1.29, 1.82) is 0 Å². The summed E-state index contributed by atoms with van der Waals surface area (Å²) in [5.74, 6) is 2.23. The van der Waals surface area contributed by atoms with Crippen LogP contribution < -0.4 is 4.74 Å². The summed E-state index contributed by atoms with van der Waals surface area (Å²) in [6.45, 7) is 1.68. The first-order chi connectivity index (χ1) is 9.28. The number of rotatable bonds is 3. The number of ether oxygens (including phenoxy) is 1. The Bertz CT molecular complexity index is 452. The van der Waals surface area contributed by atoms with Gasteiger partial charge in [-0.15, -0.1) is 11.6 Å². The molecule has 4 heteroatoms. The van der Waals surface area contributed by atoms with Gasteiger partial charge in [0.05, 0.1) is 0 Å². The lowest BCUT2D eigenvalue weighted by atomic mass is 10.1. The molecule has 1 amide bonds. The zero-order valence-corrected chi connectivity index (χ0v) is 11.6. The molecule has 19 heavy (non-hydrogen) atoms. The van der Waals surface area contributed by atoms with Crippen molar-refractivity contribution in [2.24, 2.45) is 5.92 Å². The van der Waals surface area contributed by atoms with Crippen LogP contribution in [0.4, 0.5) is 0 Å². The first-order valence-electron chi connectivity index (χ1n) is 6.87. The fourth-order valence-corrected chi connectivity index (χ4v) is 3.25. The molecule has 0 aromatic heterocycles. The van der Waals surface area contributed by atoms with Gasteiger partial charge in [-0.25, -0.2) is 0 Å². The summed E-state index contributed by atoms with van der Waals surface area (Å²) in [4.78, 5) is 14.4.